The number of benzene rings is 1. The third kappa shape index (κ3) is 3.63. The minimum atomic E-state index is -0.506. The maximum Gasteiger partial charge on any atom is 0.257 e. The van der Waals surface area contributed by atoms with Gasteiger partial charge in [-0.2, -0.15) is 0 Å². The van der Waals surface area contributed by atoms with Crippen molar-refractivity contribution in [2.45, 2.75) is 6.92 Å². The first-order chi connectivity index (χ1) is 13.5. The number of anilines is 2. The van der Waals surface area contributed by atoms with Crippen molar-refractivity contribution in [2.24, 2.45) is 0 Å². The molecule has 1 N–H and O–H groups in total. The molecule has 3 heterocycles. The molecule has 144 valence electrons. The summed E-state index contributed by atoms with van der Waals surface area (Å²) in [4.78, 5) is 23.7. The van der Waals surface area contributed by atoms with Gasteiger partial charge in [0, 0.05) is 36.1 Å². The van der Waals surface area contributed by atoms with Crippen molar-refractivity contribution in [3.05, 3.63) is 58.6 Å². The fourth-order valence-electron chi connectivity index (χ4n) is 3.12. The summed E-state index contributed by atoms with van der Waals surface area (Å²) in [7, 11) is 0. The van der Waals surface area contributed by atoms with Crippen molar-refractivity contribution in [2.75, 3.05) is 31.6 Å². The fourth-order valence-corrected chi connectivity index (χ4v) is 3.30. The van der Waals surface area contributed by atoms with Crippen molar-refractivity contribution < 1.29 is 13.9 Å². The Morgan fingerprint density at radius 3 is 2.79 bits per heavy atom. The first-order valence-electron chi connectivity index (χ1n) is 8.88. The van der Waals surface area contributed by atoms with Crippen molar-refractivity contribution in [3.63, 3.8) is 0 Å². The highest BCUT2D eigenvalue weighted by Crippen LogP contribution is 2.31. The highest BCUT2D eigenvalue weighted by atomic mass is 35.5. The number of aromatic nitrogens is 2. The maximum atomic E-state index is 13.5. The second-order valence-electron chi connectivity index (χ2n) is 6.53. The number of fused-ring (bicyclic) bond motifs is 1. The van der Waals surface area contributed by atoms with Gasteiger partial charge in [0.25, 0.3) is 5.91 Å². The summed E-state index contributed by atoms with van der Waals surface area (Å²) in [6.45, 7) is 3.92. The van der Waals surface area contributed by atoms with Gasteiger partial charge in [0.15, 0.2) is 5.65 Å². The van der Waals surface area contributed by atoms with Gasteiger partial charge in [-0.25, -0.2) is 14.4 Å². The number of hydrogen-bond acceptors (Lipinski definition) is 5. The molecule has 1 aliphatic heterocycles. The van der Waals surface area contributed by atoms with Crippen LogP contribution in [0.3, 0.4) is 0 Å². The number of halogens is 2. The molecule has 3 aromatic rings. The molecule has 0 unspecified atom stereocenters. The number of morpholine rings is 1. The number of nitrogens with zero attached hydrogens (tertiary/aromatic N) is 3. The van der Waals surface area contributed by atoms with E-state index in [0.29, 0.717) is 54.3 Å². The Hall–Kier alpha value is -2.77. The van der Waals surface area contributed by atoms with E-state index in [1.807, 2.05) is 19.1 Å². The monoisotopic (exact) mass is 400 g/mol. The van der Waals surface area contributed by atoms with E-state index in [9.17, 15) is 9.18 Å². The quantitative estimate of drug-likeness (QED) is 0.721. The molecule has 4 rings (SSSR count). The lowest BCUT2D eigenvalue weighted by Crippen LogP contribution is -2.41. The number of pyridine rings is 2. The molecule has 0 radical (unpaired) electrons. The van der Waals surface area contributed by atoms with Crippen LogP contribution >= 0.6 is 11.6 Å². The number of rotatable bonds is 3. The van der Waals surface area contributed by atoms with E-state index in [-0.39, 0.29) is 10.9 Å². The Balaban J connectivity index is 1.81. The third-order valence-corrected chi connectivity index (χ3v) is 4.88. The first-order valence-corrected chi connectivity index (χ1v) is 9.26. The molecular formula is C20H18ClFN4O2. The summed E-state index contributed by atoms with van der Waals surface area (Å²) in [6, 6.07) is 8.05. The predicted molar refractivity (Wildman–Crippen MR) is 106 cm³/mol. The van der Waals surface area contributed by atoms with E-state index in [0.717, 1.165) is 5.69 Å². The van der Waals surface area contributed by atoms with E-state index in [1.165, 1.54) is 18.3 Å². The minimum Gasteiger partial charge on any atom is -0.378 e. The van der Waals surface area contributed by atoms with Crippen molar-refractivity contribution in [1.29, 1.82) is 0 Å². The normalized spacial score (nSPS) is 14.3. The molecule has 2 aromatic heterocycles. The van der Waals surface area contributed by atoms with E-state index in [2.05, 4.69) is 15.3 Å². The highest BCUT2D eigenvalue weighted by Gasteiger charge is 2.23. The Morgan fingerprint density at radius 1 is 1.25 bits per heavy atom. The SMILES string of the molecule is Cc1ccc2c(Nc3ccc(F)c(Cl)c3)c(C(=O)N3CCOCC3)cnc2n1. The molecule has 1 aliphatic rings. The third-order valence-electron chi connectivity index (χ3n) is 4.59. The average molecular weight is 401 g/mol. The smallest absolute Gasteiger partial charge is 0.257 e. The van der Waals surface area contributed by atoms with E-state index in [4.69, 9.17) is 16.3 Å². The lowest BCUT2D eigenvalue weighted by molar-refractivity contribution is 0.0303. The Morgan fingerprint density at radius 2 is 2.04 bits per heavy atom. The van der Waals surface area contributed by atoms with Gasteiger partial charge in [-0.3, -0.25) is 4.79 Å². The van der Waals surface area contributed by atoms with Crippen LogP contribution in [0.25, 0.3) is 11.0 Å². The molecule has 1 saturated heterocycles. The van der Waals surface area contributed by atoms with Crippen LogP contribution in [0.15, 0.2) is 36.5 Å². The van der Waals surface area contributed by atoms with Crippen LogP contribution in [0.1, 0.15) is 16.1 Å². The summed E-state index contributed by atoms with van der Waals surface area (Å²) in [5, 5.41) is 3.91. The second kappa shape index (κ2) is 7.69. The van der Waals surface area contributed by atoms with Crippen LogP contribution in [0.4, 0.5) is 15.8 Å². The number of carbonyl (C=O) groups excluding carboxylic acids is 1. The topological polar surface area (TPSA) is 67.4 Å². The zero-order valence-corrected chi connectivity index (χ0v) is 16.0. The summed E-state index contributed by atoms with van der Waals surface area (Å²) in [5.74, 6) is -0.650. The highest BCUT2D eigenvalue weighted by molar-refractivity contribution is 6.31. The standard InChI is InChI=1S/C20H18ClFN4O2/c1-12-2-4-14-18(25-13-3-5-17(22)16(21)10-13)15(11-23-19(14)24-12)20(27)26-6-8-28-9-7-26/h2-5,10-11H,6-9H2,1H3,(H,23,24,25). The summed E-state index contributed by atoms with van der Waals surface area (Å²) in [6.07, 6.45) is 1.53. The summed E-state index contributed by atoms with van der Waals surface area (Å²) < 4.78 is 18.9. The molecule has 28 heavy (non-hydrogen) atoms. The minimum absolute atomic E-state index is 0.00149. The molecule has 0 atom stereocenters. The molecular weight excluding hydrogens is 383 g/mol. The number of amides is 1. The molecule has 0 aliphatic carbocycles. The van der Waals surface area contributed by atoms with Gasteiger partial charge < -0.3 is 15.0 Å². The molecule has 1 aromatic carbocycles. The van der Waals surface area contributed by atoms with Gasteiger partial charge >= 0.3 is 0 Å². The van der Waals surface area contributed by atoms with E-state index >= 15 is 0 Å². The lowest BCUT2D eigenvalue weighted by atomic mass is 10.1. The lowest BCUT2D eigenvalue weighted by Gasteiger charge is -2.27. The Bertz CT molecular complexity index is 1050. The van der Waals surface area contributed by atoms with Gasteiger partial charge in [0.1, 0.15) is 5.82 Å². The van der Waals surface area contributed by atoms with Crippen LogP contribution < -0.4 is 5.32 Å². The van der Waals surface area contributed by atoms with E-state index in [1.54, 1.807) is 11.0 Å². The van der Waals surface area contributed by atoms with E-state index < -0.39 is 5.82 Å². The maximum absolute atomic E-state index is 13.5. The van der Waals surface area contributed by atoms with Gasteiger partial charge in [-0.05, 0) is 37.3 Å². The van der Waals surface area contributed by atoms with Crippen molar-refractivity contribution >= 4 is 39.9 Å². The van der Waals surface area contributed by atoms with Gasteiger partial charge in [-0.15, -0.1) is 0 Å². The number of nitrogens with one attached hydrogen (secondary N) is 1. The number of aryl methyl sites for hydroxylation is 1. The zero-order valence-electron chi connectivity index (χ0n) is 15.2. The van der Waals surface area contributed by atoms with Crippen molar-refractivity contribution in [3.8, 4) is 0 Å². The average Bonchev–Trinajstić information content (AvgIpc) is 2.71. The van der Waals surface area contributed by atoms with Crippen LogP contribution in [0.2, 0.25) is 5.02 Å². The molecule has 0 spiro atoms. The Kier molecular flexibility index (Phi) is 5.11. The fraction of sp³-hybridized carbons (Fsp3) is 0.250. The molecule has 6 nitrogen and oxygen atoms in total. The van der Waals surface area contributed by atoms with Crippen LogP contribution in [0.5, 0.6) is 0 Å². The molecule has 0 bridgehead atoms. The predicted octanol–water partition coefficient (Wildman–Crippen LogP) is 3.95. The zero-order chi connectivity index (χ0) is 19.7. The molecule has 1 amide bonds. The number of hydrogen-bond donors (Lipinski definition) is 1. The molecule has 8 heteroatoms. The first kappa shape index (κ1) is 18.6. The second-order valence-corrected chi connectivity index (χ2v) is 6.94. The van der Waals surface area contributed by atoms with Gasteiger partial charge in [0.2, 0.25) is 0 Å². The molecule has 1 fully saturated rings. The number of carbonyl (C=O) groups is 1. The van der Waals surface area contributed by atoms with Gasteiger partial charge in [0.05, 0.1) is 29.5 Å². The summed E-state index contributed by atoms with van der Waals surface area (Å²) in [5.41, 5.74) is 2.89. The van der Waals surface area contributed by atoms with Crippen molar-refractivity contribution in [1.82, 2.24) is 14.9 Å². The number of ether oxygens (including phenoxy) is 1. The van der Waals surface area contributed by atoms with Crippen LogP contribution in [0, 0.1) is 12.7 Å². The van der Waals surface area contributed by atoms with Crippen LogP contribution in [-0.4, -0.2) is 47.1 Å². The Labute approximate surface area is 166 Å². The van der Waals surface area contributed by atoms with Gasteiger partial charge in [-0.1, -0.05) is 11.6 Å². The summed E-state index contributed by atoms with van der Waals surface area (Å²) >= 11 is 5.91. The molecule has 0 saturated carbocycles. The van der Waals surface area contributed by atoms with Crippen LogP contribution in [-0.2, 0) is 4.74 Å². The largest absolute Gasteiger partial charge is 0.378 e.